The van der Waals surface area contributed by atoms with Crippen LogP contribution in [0.3, 0.4) is 0 Å². The van der Waals surface area contributed by atoms with Gasteiger partial charge in [-0.2, -0.15) is 0 Å². The Kier molecular flexibility index (Phi) is 6.12. The minimum absolute atomic E-state index is 0.323. The lowest BCUT2D eigenvalue weighted by atomic mass is 10.2. The van der Waals surface area contributed by atoms with Crippen molar-refractivity contribution in [1.82, 2.24) is 14.8 Å². The molecule has 0 saturated heterocycles. The van der Waals surface area contributed by atoms with Crippen LogP contribution in [0.5, 0.6) is 5.75 Å². The van der Waals surface area contributed by atoms with Gasteiger partial charge in [-0.1, -0.05) is 59.8 Å². The van der Waals surface area contributed by atoms with E-state index in [-0.39, 0.29) is 5.82 Å². The third kappa shape index (κ3) is 4.78. The van der Waals surface area contributed by atoms with E-state index in [1.807, 2.05) is 59.2 Å². The molecule has 0 aliphatic rings. The summed E-state index contributed by atoms with van der Waals surface area (Å²) in [6, 6.07) is 22.4. The number of hydrogen-bond acceptors (Lipinski definition) is 4. The maximum absolute atomic E-state index is 14.0. The molecule has 3 aromatic carbocycles. The lowest BCUT2D eigenvalue weighted by Gasteiger charge is -2.10. The SMILES string of the molecule is Fc1cccc(Cl)c1CSc1nncn1-c1ccc(OCc2ccccc2)cc1. The molecule has 4 nitrogen and oxygen atoms in total. The Hall–Kier alpha value is -2.83. The summed E-state index contributed by atoms with van der Waals surface area (Å²) < 4.78 is 21.7. The second kappa shape index (κ2) is 9.11. The summed E-state index contributed by atoms with van der Waals surface area (Å²) in [5, 5.41) is 9.19. The first kappa shape index (κ1) is 19.5. The summed E-state index contributed by atoms with van der Waals surface area (Å²) >= 11 is 7.48. The number of aromatic nitrogens is 3. The monoisotopic (exact) mass is 425 g/mol. The van der Waals surface area contributed by atoms with E-state index < -0.39 is 0 Å². The molecule has 0 radical (unpaired) electrons. The summed E-state index contributed by atoms with van der Waals surface area (Å²) in [6.07, 6.45) is 1.63. The standard InChI is InChI=1S/C22H17ClFN3OS/c23-20-7-4-8-21(24)19(20)14-29-22-26-25-15-27(22)17-9-11-18(12-10-17)28-13-16-5-2-1-3-6-16/h1-12,15H,13-14H2. The maximum atomic E-state index is 14.0. The van der Waals surface area contributed by atoms with Crippen LogP contribution in [0.25, 0.3) is 5.69 Å². The van der Waals surface area contributed by atoms with Gasteiger partial charge >= 0.3 is 0 Å². The highest BCUT2D eigenvalue weighted by molar-refractivity contribution is 7.98. The first-order valence-corrected chi connectivity index (χ1v) is 10.3. The van der Waals surface area contributed by atoms with Crippen molar-refractivity contribution in [2.75, 3.05) is 0 Å². The van der Waals surface area contributed by atoms with E-state index in [1.165, 1.54) is 17.8 Å². The fourth-order valence-corrected chi connectivity index (χ4v) is 4.02. The molecule has 1 aromatic heterocycles. The number of hydrogen-bond donors (Lipinski definition) is 0. The average Bonchev–Trinajstić information content (AvgIpc) is 3.22. The quantitative estimate of drug-likeness (QED) is 0.344. The molecule has 0 fully saturated rings. The van der Waals surface area contributed by atoms with E-state index in [9.17, 15) is 4.39 Å². The highest BCUT2D eigenvalue weighted by atomic mass is 35.5. The smallest absolute Gasteiger partial charge is 0.195 e. The van der Waals surface area contributed by atoms with Gasteiger partial charge in [-0.3, -0.25) is 4.57 Å². The Labute approximate surface area is 177 Å². The van der Waals surface area contributed by atoms with Crippen LogP contribution >= 0.6 is 23.4 Å². The first-order chi connectivity index (χ1) is 14.2. The molecule has 0 spiro atoms. The first-order valence-electron chi connectivity index (χ1n) is 8.93. The summed E-state index contributed by atoms with van der Waals surface area (Å²) in [4.78, 5) is 0. The van der Waals surface area contributed by atoms with Crippen molar-refractivity contribution < 1.29 is 9.13 Å². The van der Waals surface area contributed by atoms with Gasteiger partial charge in [-0.25, -0.2) is 4.39 Å². The fraction of sp³-hybridized carbons (Fsp3) is 0.0909. The highest BCUT2D eigenvalue weighted by Gasteiger charge is 2.12. The van der Waals surface area contributed by atoms with E-state index in [0.717, 1.165) is 17.0 Å². The molecule has 0 atom stereocenters. The molecule has 29 heavy (non-hydrogen) atoms. The van der Waals surface area contributed by atoms with E-state index in [0.29, 0.717) is 28.1 Å². The molecule has 0 aliphatic heterocycles. The van der Waals surface area contributed by atoms with Crippen molar-refractivity contribution in [3.8, 4) is 11.4 Å². The second-order valence-electron chi connectivity index (χ2n) is 6.24. The molecule has 146 valence electrons. The van der Waals surface area contributed by atoms with E-state index in [4.69, 9.17) is 16.3 Å². The predicted molar refractivity (Wildman–Crippen MR) is 113 cm³/mol. The minimum atomic E-state index is -0.323. The van der Waals surface area contributed by atoms with Crippen LogP contribution < -0.4 is 4.74 Å². The number of benzene rings is 3. The molecule has 4 rings (SSSR count). The van der Waals surface area contributed by atoms with Crippen LogP contribution in [-0.2, 0) is 12.4 Å². The van der Waals surface area contributed by atoms with Crippen LogP contribution in [0.15, 0.2) is 84.3 Å². The third-order valence-electron chi connectivity index (χ3n) is 4.29. The topological polar surface area (TPSA) is 39.9 Å². The van der Waals surface area contributed by atoms with Crippen molar-refractivity contribution in [3.63, 3.8) is 0 Å². The summed E-state index contributed by atoms with van der Waals surface area (Å²) in [6.45, 7) is 0.511. The van der Waals surface area contributed by atoms with Crippen molar-refractivity contribution in [1.29, 1.82) is 0 Å². The number of rotatable bonds is 7. The molecule has 4 aromatic rings. The molecule has 7 heteroatoms. The van der Waals surface area contributed by atoms with Crippen LogP contribution in [0.4, 0.5) is 4.39 Å². The van der Waals surface area contributed by atoms with E-state index in [2.05, 4.69) is 10.2 Å². The Morgan fingerprint density at radius 1 is 0.966 bits per heavy atom. The Balaban J connectivity index is 1.43. The summed E-state index contributed by atoms with van der Waals surface area (Å²) in [5.74, 6) is 0.816. The molecule has 1 heterocycles. The highest BCUT2D eigenvalue weighted by Crippen LogP contribution is 2.29. The van der Waals surface area contributed by atoms with Gasteiger partial charge in [0.2, 0.25) is 0 Å². The zero-order valence-corrected chi connectivity index (χ0v) is 16.9. The van der Waals surface area contributed by atoms with Crippen molar-refractivity contribution in [3.05, 3.63) is 101 Å². The molecule has 0 saturated carbocycles. The van der Waals surface area contributed by atoms with Gasteiger partial charge in [0.1, 0.15) is 24.5 Å². The molecular weight excluding hydrogens is 409 g/mol. The van der Waals surface area contributed by atoms with Gasteiger partial charge in [-0.05, 0) is 42.0 Å². The van der Waals surface area contributed by atoms with Crippen molar-refractivity contribution in [2.24, 2.45) is 0 Å². The number of nitrogens with zero attached hydrogens (tertiary/aromatic N) is 3. The number of ether oxygens (including phenoxy) is 1. The molecule has 0 bridgehead atoms. The van der Waals surface area contributed by atoms with Crippen LogP contribution in [0.1, 0.15) is 11.1 Å². The van der Waals surface area contributed by atoms with Gasteiger partial charge in [0, 0.05) is 22.0 Å². The Morgan fingerprint density at radius 2 is 1.76 bits per heavy atom. The van der Waals surface area contributed by atoms with Gasteiger partial charge in [0.25, 0.3) is 0 Å². The van der Waals surface area contributed by atoms with E-state index >= 15 is 0 Å². The van der Waals surface area contributed by atoms with E-state index in [1.54, 1.807) is 18.5 Å². The number of halogens is 2. The Morgan fingerprint density at radius 3 is 2.52 bits per heavy atom. The summed E-state index contributed by atoms with van der Waals surface area (Å²) in [5.41, 5.74) is 2.46. The second-order valence-corrected chi connectivity index (χ2v) is 7.59. The van der Waals surface area contributed by atoms with Crippen LogP contribution in [0, 0.1) is 5.82 Å². The third-order valence-corrected chi connectivity index (χ3v) is 5.61. The zero-order valence-electron chi connectivity index (χ0n) is 15.3. The molecule has 0 unspecified atom stereocenters. The lowest BCUT2D eigenvalue weighted by Crippen LogP contribution is -1.98. The molecule has 0 aliphatic carbocycles. The van der Waals surface area contributed by atoms with Crippen molar-refractivity contribution >= 4 is 23.4 Å². The molecular formula is C22H17ClFN3OS. The largest absolute Gasteiger partial charge is 0.489 e. The van der Waals surface area contributed by atoms with Gasteiger partial charge in [-0.15, -0.1) is 10.2 Å². The maximum Gasteiger partial charge on any atom is 0.195 e. The van der Waals surface area contributed by atoms with Crippen LogP contribution in [-0.4, -0.2) is 14.8 Å². The molecule has 0 amide bonds. The number of thioether (sulfide) groups is 1. The predicted octanol–water partition coefficient (Wildman–Crippen LogP) is 5.93. The zero-order chi connectivity index (χ0) is 20.1. The lowest BCUT2D eigenvalue weighted by molar-refractivity contribution is 0.306. The fourth-order valence-electron chi connectivity index (χ4n) is 2.75. The van der Waals surface area contributed by atoms with Crippen LogP contribution in [0.2, 0.25) is 5.02 Å². The Bertz CT molecular complexity index is 1070. The average molecular weight is 426 g/mol. The normalized spacial score (nSPS) is 10.8. The van der Waals surface area contributed by atoms with Gasteiger partial charge in [0.15, 0.2) is 5.16 Å². The molecule has 0 N–H and O–H groups in total. The van der Waals surface area contributed by atoms with Crippen molar-refractivity contribution in [2.45, 2.75) is 17.5 Å². The van der Waals surface area contributed by atoms with Gasteiger partial charge < -0.3 is 4.74 Å². The van der Waals surface area contributed by atoms with Gasteiger partial charge in [0.05, 0.1) is 0 Å². The summed E-state index contributed by atoms with van der Waals surface area (Å²) in [7, 11) is 0. The minimum Gasteiger partial charge on any atom is -0.489 e.